The molecule has 0 spiro atoms. The zero-order valence-corrected chi connectivity index (χ0v) is 10.6. The standard InChI is InChI=1S/C13H20N4O/c14-13(18)12-10-11(4-5-16-12)15-6-9-17-7-2-1-3-8-17/h4-5,10H,1-3,6-9H2,(H2,14,18)(H,15,16). The number of amides is 1. The number of aromatic nitrogens is 1. The van der Waals surface area contributed by atoms with E-state index in [1.54, 1.807) is 12.3 Å². The number of piperidine rings is 1. The number of carbonyl (C=O) groups excluding carboxylic acids is 1. The van der Waals surface area contributed by atoms with E-state index in [0.717, 1.165) is 18.8 Å². The highest BCUT2D eigenvalue weighted by Crippen LogP contribution is 2.09. The summed E-state index contributed by atoms with van der Waals surface area (Å²) in [5, 5.41) is 3.30. The van der Waals surface area contributed by atoms with E-state index in [-0.39, 0.29) is 0 Å². The monoisotopic (exact) mass is 248 g/mol. The van der Waals surface area contributed by atoms with Gasteiger partial charge in [-0.3, -0.25) is 9.78 Å². The molecule has 2 heterocycles. The normalized spacial score (nSPS) is 16.4. The summed E-state index contributed by atoms with van der Waals surface area (Å²) in [4.78, 5) is 17.4. The maximum atomic E-state index is 11.0. The van der Waals surface area contributed by atoms with Crippen LogP contribution in [0.2, 0.25) is 0 Å². The Balaban J connectivity index is 1.78. The molecule has 1 amide bonds. The van der Waals surface area contributed by atoms with Gasteiger partial charge in [0, 0.05) is 25.0 Å². The summed E-state index contributed by atoms with van der Waals surface area (Å²) >= 11 is 0. The summed E-state index contributed by atoms with van der Waals surface area (Å²) in [6.07, 6.45) is 5.57. The minimum atomic E-state index is -0.491. The number of carbonyl (C=O) groups is 1. The second kappa shape index (κ2) is 6.35. The lowest BCUT2D eigenvalue weighted by atomic mass is 10.1. The molecule has 0 radical (unpaired) electrons. The molecule has 2 rings (SSSR count). The summed E-state index contributed by atoms with van der Waals surface area (Å²) in [6.45, 7) is 4.31. The van der Waals surface area contributed by atoms with E-state index in [0.29, 0.717) is 5.69 Å². The maximum absolute atomic E-state index is 11.0. The van der Waals surface area contributed by atoms with Gasteiger partial charge in [0.1, 0.15) is 5.69 Å². The lowest BCUT2D eigenvalue weighted by molar-refractivity contribution is 0.0995. The molecule has 0 bridgehead atoms. The van der Waals surface area contributed by atoms with Gasteiger partial charge in [0.15, 0.2) is 0 Å². The summed E-state index contributed by atoms with van der Waals surface area (Å²) < 4.78 is 0. The molecular weight excluding hydrogens is 228 g/mol. The van der Waals surface area contributed by atoms with Gasteiger partial charge >= 0.3 is 0 Å². The van der Waals surface area contributed by atoms with Crippen molar-refractivity contribution >= 4 is 11.6 Å². The van der Waals surface area contributed by atoms with E-state index in [1.807, 2.05) is 6.07 Å². The van der Waals surface area contributed by atoms with Gasteiger partial charge in [0.05, 0.1) is 0 Å². The summed E-state index contributed by atoms with van der Waals surface area (Å²) in [7, 11) is 0. The fourth-order valence-corrected chi connectivity index (χ4v) is 2.22. The predicted octanol–water partition coefficient (Wildman–Crippen LogP) is 1.08. The van der Waals surface area contributed by atoms with Crippen molar-refractivity contribution in [3.05, 3.63) is 24.0 Å². The van der Waals surface area contributed by atoms with Gasteiger partial charge in [-0.1, -0.05) is 6.42 Å². The van der Waals surface area contributed by atoms with Crippen molar-refractivity contribution in [1.29, 1.82) is 0 Å². The van der Waals surface area contributed by atoms with Crippen LogP contribution in [-0.2, 0) is 0 Å². The molecule has 0 aromatic carbocycles. The van der Waals surface area contributed by atoms with Crippen LogP contribution in [0.4, 0.5) is 5.69 Å². The Kier molecular flexibility index (Phi) is 4.52. The molecule has 1 saturated heterocycles. The molecule has 0 saturated carbocycles. The van der Waals surface area contributed by atoms with Crippen LogP contribution in [0.3, 0.4) is 0 Å². The van der Waals surface area contributed by atoms with Crippen molar-refractivity contribution in [2.45, 2.75) is 19.3 Å². The number of primary amides is 1. The molecule has 98 valence electrons. The highest BCUT2D eigenvalue weighted by Gasteiger charge is 2.09. The van der Waals surface area contributed by atoms with E-state index < -0.39 is 5.91 Å². The molecular formula is C13H20N4O. The third-order valence-corrected chi connectivity index (χ3v) is 3.22. The van der Waals surface area contributed by atoms with Crippen molar-refractivity contribution in [3.63, 3.8) is 0 Å². The van der Waals surface area contributed by atoms with Gasteiger partial charge < -0.3 is 16.0 Å². The Morgan fingerprint density at radius 3 is 2.89 bits per heavy atom. The van der Waals surface area contributed by atoms with Gasteiger partial charge in [-0.2, -0.15) is 0 Å². The molecule has 3 N–H and O–H groups in total. The Bertz CT molecular complexity index is 402. The van der Waals surface area contributed by atoms with Crippen molar-refractivity contribution in [2.75, 3.05) is 31.5 Å². The number of nitrogens with two attached hydrogens (primary N) is 1. The fraction of sp³-hybridized carbons (Fsp3) is 0.538. The minimum absolute atomic E-state index is 0.304. The van der Waals surface area contributed by atoms with Crippen LogP contribution in [0.5, 0.6) is 0 Å². The number of hydrogen-bond donors (Lipinski definition) is 2. The molecule has 1 fully saturated rings. The average Bonchev–Trinajstić information content (AvgIpc) is 2.40. The number of rotatable bonds is 5. The lowest BCUT2D eigenvalue weighted by Crippen LogP contribution is -2.33. The Morgan fingerprint density at radius 1 is 1.39 bits per heavy atom. The second-order valence-corrected chi connectivity index (χ2v) is 4.62. The van der Waals surface area contributed by atoms with Crippen LogP contribution < -0.4 is 11.1 Å². The van der Waals surface area contributed by atoms with E-state index in [2.05, 4.69) is 15.2 Å². The Hall–Kier alpha value is -1.62. The largest absolute Gasteiger partial charge is 0.384 e. The smallest absolute Gasteiger partial charge is 0.267 e. The van der Waals surface area contributed by atoms with Gasteiger partial charge in [0.25, 0.3) is 5.91 Å². The first kappa shape index (κ1) is 12.8. The molecule has 1 aliphatic rings. The van der Waals surface area contributed by atoms with Crippen LogP contribution in [0, 0.1) is 0 Å². The van der Waals surface area contributed by atoms with E-state index in [9.17, 15) is 4.79 Å². The molecule has 1 aliphatic heterocycles. The summed E-state index contributed by atoms with van der Waals surface area (Å²) in [5.74, 6) is -0.491. The topological polar surface area (TPSA) is 71.2 Å². The first-order valence-corrected chi connectivity index (χ1v) is 6.48. The molecule has 0 atom stereocenters. The van der Waals surface area contributed by atoms with Gasteiger partial charge in [-0.25, -0.2) is 0 Å². The van der Waals surface area contributed by atoms with Crippen molar-refractivity contribution in [3.8, 4) is 0 Å². The van der Waals surface area contributed by atoms with Crippen LogP contribution in [0.15, 0.2) is 18.3 Å². The maximum Gasteiger partial charge on any atom is 0.267 e. The van der Waals surface area contributed by atoms with Crippen LogP contribution in [0.25, 0.3) is 0 Å². The quantitative estimate of drug-likeness (QED) is 0.818. The number of likely N-dealkylation sites (tertiary alicyclic amines) is 1. The highest BCUT2D eigenvalue weighted by molar-refractivity contribution is 5.91. The van der Waals surface area contributed by atoms with E-state index >= 15 is 0 Å². The summed E-state index contributed by atoms with van der Waals surface area (Å²) in [5.41, 5.74) is 6.39. The SMILES string of the molecule is NC(=O)c1cc(NCCN2CCCCC2)ccn1. The van der Waals surface area contributed by atoms with E-state index in [4.69, 9.17) is 5.73 Å². The van der Waals surface area contributed by atoms with Gasteiger partial charge in [-0.05, 0) is 38.1 Å². The third-order valence-electron chi connectivity index (χ3n) is 3.22. The first-order chi connectivity index (χ1) is 8.75. The minimum Gasteiger partial charge on any atom is -0.384 e. The summed E-state index contributed by atoms with van der Waals surface area (Å²) in [6, 6.07) is 3.54. The number of nitrogens with zero attached hydrogens (tertiary/aromatic N) is 2. The zero-order valence-electron chi connectivity index (χ0n) is 10.6. The molecule has 5 heteroatoms. The Labute approximate surface area is 107 Å². The molecule has 18 heavy (non-hydrogen) atoms. The van der Waals surface area contributed by atoms with Gasteiger partial charge in [0.2, 0.25) is 0 Å². The predicted molar refractivity (Wildman–Crippen MR) is 71.5 cm³/mol. The van der Waals surface area contributed by atoms with Crippen LogP contribution >= 0.6 is 0 Å². The molecule has 0 unspecified atom stereocenters. The van der Waals surface area contributed by atoms with E-state index in [1.165, 1.54) is 32.4 Å². The van der Waals surface area contributed by atoms with Gasteiger partial charge in [-0.15, -0.1) is 0 Å². The molecule has 5 nitrogen and oxygen atoms in total. The number of anilines is 1. The zero-order chi connectivity index (χ0) is 12.8. The van der Waals surface area contributed by atoms with Crippen LogP contribution in [0.1, 0.15) is 29.8 Å². The molecule has 1 aromatic rings. The number of pyridine rings is 1. The first-order valence-electron chi connectivity index (χ1n) is 6.48. The fourth-order valence-electron chi connectivity index (χ4n) is 2.22. The molecule has 1 aromatic heterocycles. The van der Waals surface area contributed by atoms with Crippen molar-refractivity contribution < 1.29 is 4.79 Å². The van der Waals surface area contributed by atoms with Crippen molar-refractivity contribution in [2.24, 2.45) is 5.73 Å². The van der Waals surface area contributed by atoms with Crippen molar-refractivity contribution in [1.82, 2.24) is 9.88 Å². The molecule has 0 aliphatic carbocycles. The third kappa shape index (κ3) is 3.70. The second-order valence-electron chi connectivity index (χ2n) is 4.62. The average molecular weight is 248 g/mol. The highest BCUT2D eigenvalue weighted by atomic mass is 16.1. The van der Waals surface area contributed by atoms with Crippen LogP contribution in [-0.4, -0.2) is 42.0 Å². The number of nitrogens with one attached hydrogen (secondary N) is 1. The Morgan fingerprint density at radius 2 is 2.17 bits per heavy atom. The lowest BCUT2D eigenvalue weighted by Gasteiger charge is -2.26. The number of hydrogen-bond acceptors (Lipinski definition) is 4.